The first-order valence-corrected chi connectivity index (χ1v) is 16.6. The molecule has 0 unspecified atom stereocenters. The van der Waals surface area contributed by atoms with Gasteiger partial charge < -0.3 is 53.6 Å². The summed E-state index contributed by atoms with van der Waals surface area (Å²) in [4.78, 5) is 102. The van der Waals surface area contributed by atoms with Crippen LogP contribution in [0.4, 0.5) is 0 Å². The Morgan fingerprint density at radius 3 is 2.21 bits per heavy atom. The number of aliphatic carboxylic acids is 2. The maximum Gasteiger partial charge on any atom is 0.325 e. The first-order valence-electron chi connectivity index (χ1n) is 15.5. The number of nitrogens with one attached hydrogen (secondary N) is 6. The van der Waals surface area contributed by atoms with Crippen LogP contribution in [0.3, 0.4) is 0 Å². The lowest BCUT2D eigenvalue weighted by Gasteiger charge is -2.27. The van der Waals surface area contributed by atoms with Gasteiger partial charge in [-0.2, -0.15) is 11.8 Å². The van der Waals surface area contributed by atoms with Crippen molar-refractivity contribution in [3.63, 3.8) is 0 Å². The van der Waals surface area contributed by atoms with Gasteiger partial charge in [-0.15, -0.1) is 0 Å². The molecular formula is C29H48N8O10S. The third kappa shape index (κ3) is 15.1. The number of unbranched alkanes of at least 4 members (excludes halogenated alkanes) is 1. The molecule has 0 aromatic carbocycles. The maximum absolute atomic E-state index is 13.5. The van der Waals surface area contributed by atoms with Crippen molar-refractivity contribution in [1.29, 1.82) is 0 Å². The van der Waals surface area contributed by atoms with Crippen molar-refractivity contribution in [2.24, 2.45) is 17.4 Å². The molecule has 270 valence electrons. The summed E-state index contributed by atoms with van der Waals surface area (Å²) >= 11 is 0.934. The molecule has 1 aliphatic heterocycles. The average molecular weight is 701 g/mol. The van der Waals surface area contributed by atoms with Crippen LogP contribution in [0.25, 0.3) is 0 Å². The van der Waals surface area contributed by atoms with Crippen molar-refractivity contribution in [3.8, 4) is 0 Å². The predicted molar refractivity (Wildman–Crippen MR) is 175 cm³/mol. The number of nitrogens with two attached hydrogens (primary N) is 2. The highest BCUT2D eigenvalue weighted by atomic mass is 32.2. The molecule has 0 spiro atoms. The maximum atomic E-state index is 13.5. The number of amides is 6. The van der Waals surface area contributed by atoms with E-state index in [1.165, 1.54) is 6.92 Å². The number of carboxylic acids is 2. The highest BCUT2D eigenvalue weighted by molar-refractivity contribution is 7.99. The third-order valence-corrected chi connectivity index (χ3v) is 8.17. The van der Waals surface area contributed by atoms with Crippen LogP contribution < -0.4 is 43.4 Å². The number of hydrogen-bond donors (Lipinski definition) is 10. The average Bonchev–Trinajstić information content (AvgIpc) is 3.00. The number of thioether (sulfide) groups is 1. The largest absolute Gasteiger partial charge is 0.481 e. The molecule has 6 amide bonds. The molecule has 1 fully saturated rings. The molecule has 1 aliphatic rings. The van der Waals surface area contributed by atoms with Gasteiger partial charge in [0.2, 0.25) is 29.5 Å². The van der Waals surface area contributed by atoms with Crippen LogP contribution in [0.15, 0.2) is 12.3 Å². The van der Waals surface area contributed by atoms with Gasteiger partial charge in [0.15, 0.2) is 0 Å². The minimum Gasteiger partial charge on any atom is -0.481 e. The molecule has 0 bridgehead atoms. The molecule has 18 nitrogen and oxygen atoms in total. The van der Waals surface area contributed by atoms with E-state index in [-0.39, 0.29) is 30.3 Å². The molecular weight excluding hydrogens is 652 g/mol. The van der Waals surface area contributed by atoms with Gasteiger partial charge in [0.25, 0.3) is 5.91 Å². The third-order valence-electron chi connectivity index (χ3n) is 7.03. The molecule has 6 atom stereocenters. The SMILES string of the molecule is C=C1NC(=O)[C@H](CCC(=O)O)NC(=O)[C@@H](NC(=O)[C@@H](N)CCCCN)CSC[C@@H](C(=O)N[C@@H](C)C(=O)O)NC(=O)[C@H](CC(C)C)NC1=O. The van der Waals surface area contributed by atoms with Crippen LogP contribution in [0.5, 0.6) is 0 Å². The summed E-state index contributed by atoms with van der Waals surface area (Å²) in [6.07, 6.45) is 0.565. The fourth-order valence-corrected chi connectivity index (χ4v) is 5.36. The fraction of sp³-hybridized carbons (Fsp3) is 0.655. The monoisotopic (exact) mass is 700 g/mol. The van der Waals surface area contributed by atoms with E-state index in [1.807, 2.05) is 0 Å². The molecule has 1 saturated heterocycles. The molecule has 48 heavy (non-hydrogen) atoms. The minimum absolute atomic E-state index is 0.0999. The Kier molecular flexibility index (Phi) is 18.2. The highest BCUT2D eigenvalue weighted by Gasteiger charge is 2.33. The Balaban J connectivity index is 3.52. The van der Waals surface area contributed by atoms with Gasteiger partial charge in [0.05, 0.1) is 11.7 Å². The lowest BCUT2D eigenvalue weighted by atomic mass is 10.0. The fourth-order valence-electron chi connectivity index (χ4n) is 4.29. The van der Waals surface area contributed by atoms with Gasteiger partial charge in [-0.25, -0.2) is 0 Å². The molecule has 0 aromatic rings. The summed E-state index contributed by atoms with van der Waals surface area (Å²) in [7, 11) is 0. The molecule has 12 N–H and O–H groups in total. The molecule has 1 rings (SSSR count). The molecule has 0 aromatic heterocycles. The number of hydrogen-bond acceptors (Lipinski definition) is 11. The smallest absolute Gasteiger partial charge is 0.325 e. The Labute approximate surface area is 282 Å². The van der Waals surface area contributed by atoms with Crippen LogP contribution in [0, 0.1) is 5.92 Å². The zero-order chi connectivity index (χ0) is 36.6. The summed E-state index contributed by atoms with van der Waals surface area (Å²) in [6, 6.07) is -7.76. The Hall–Kier alpha value is -4.23. The number of carbonyl (C=O) groups is 8. The van der Waals surface area contributed by atoms with Crippen molar-refractivity contribution in [1.82, 2.24) is 31.9 Å². The number of carboxylic acid groups (broad SMARTS) is 2. The van der Waals surface area contributed by atoms with Crippen molar-refractivity contribution in [2.75, 3.05) is 18.1 Å². The molecule has 0 aliphatic carbocycles. The second-order valence-corrected chi connectivity index (χ2v) is 12.8. The standard InChI is InChI=1S/C29H48N8O10S/c1-14(2)11-19-26(43)37-20(27(44)33-16(4)29(46)47)12-48-13-21(36-24(41)17(31)7-5-6-10-30)28(45)34-18(8-9-22(38)39)25(42)32-15(3)23(40)35-19/h14,16-21H,3,5-13,30-31H2,1-2,4H3,(H,32,42)(H,33,44)(H,34,45)(H,35,40)(H,36,41)(H,37,43)(H,38,39)(H,46,47)/t16-,17-,18-,19-,20-,21-/m0/s1. The summed E-state index contributed by atoms with van der Waals surface area (Å²) in [6.45, 7) is 8.69. The van der Waals surface area contributed by atoms with Crippen molar-refractivity contribution >= 4 is 59.1 Å². The summed E-state index contributed by atoms with van der Waals surface area (Å²) < 4.78 is 0. The van der Waals surface area contributed by atoms with E-state index in [9.17, 15) is 48.6 Å². The lowest BCUT2D eigenvalue weighted by molar-refractivity contribution is -0.141. The van der Waals surface area contributed by atoms with E-state index >= 15 is 0 Å². The van der Waals surface area contributed by atoms with Crippen LogP contribution >= 0.6 is 11.8 Å². The van der Waals surface area contributed by atoms with Gasteiger partial charge in [-0.05, 0) is 45.1 Å². The van der Waals surface area contributed by atoms with E-state index in [0.29, 0.717) is 19.4 Å². The van der Waals surface area contributed by atoms with Crippen LogP contribution in [-0.4, -0.2) is 112 Å². The quantitative estimate of drug-likeness (QED) is 0.0651. The molecule has 0 radical (unpaired) electrons. The predicted octanol–water partition coefficient (Wildman–Crippen LogP) is -2.74. The zero-order valence-electron chi connectivity index (χ0n) is 27.3. The minimum atomic E-state index is -1.49. The molecule has 1 heterocycles. The highest BCUT2D eigenvalue weighted by Crippen LogP contribution is 2.12. The van der Waals surface area contributed by atoms with Crippen molar-refractivity contribution < 1.29 is 48.6 Å². The van der Waals surface area contributed by atoms with E-state index in [2.05, 4.69) is 38.5 Å². The van der Waals surface area contributed by atoms with E-state index < -0.39 is 102 Å². The van der Waals surface area contributed by atoms with Gasteiger partial charge >= 0.3 is 11.9 Å². The second kappa shape index (κ2) is 20.9. The second-order valence-electron chi connectivity index (χ2n) is 11.7. The van der Waals surface area contributed by atoms with Gasteiger partial charge in [0, 0.05) is 17.9 Å². The summed E-state index contributed by atoms with van der Waals surface area (Å²) in [5, 5.41) is 32.9. The van der Waals surface area contributed by atoms with Gasteiger partial charge in [-0.1, -0.05) is 26.8 Å². The first kappa shape index (κ1) is 41.8. The Morgan fingerprint density at radius 1 is 0.958 bits per heavy atom. The Bertz CT molecular complexity index is 1220. The van der Waals surface area contributed by atoms with Crippen molar-refractivity contribution in [3.05, 3.63) is 12.3 Å². The molecule has 0 saturated carbocycles. The number of carbonyl (C=O) groups excluding carboxylic acids is 6. The van der Waals surface area contributed by atoms with Crippen LogP contribution in [0.2, 0.25) is 0 Å². The van der Waals surface area contributed by atoms with Gasteiger partial charge in [0.1, 0.15) is 30.2 Å². The normalized spacial score (nSPS) is 22.8. The lowest BCUT2D eigenvalue weighted by Crippen LogP contribution is -2.59. The zero-order valence-corrected chi connectivity index (χ0v) is 28.2. The first-order chi connectivity index (χ1) is 22.5. The number of rotatable bonds is 14. The molecule has 19 heteroatoms. The van der Waals surface area contributed by atoms with Crippen LogP contribution in [0.1, 0.15) is 59.3 Å². The van der Waals surface area contributed by atoms with Gasteiger partial charge in [-0.3, -0.25) is 38.4 Å². The van der Waals surface area contributed by atoms with E-state index in [1.54, 1.807) is 13.8 Å². The van der Waals surface area contributed by atoms with E-state index in [4.69, 9.17) is 11.5 Å². The summed E-state index contributed by atoms with van der Waals surface area (Å²) in [5.74, 6) is -8.37. The van der Waals surface area contributed by atoms with Crippen molar-refractivity contribution in [2.45, 2.75) is 95.5 Å². The summed E-state index contributed by atoms with van der Waals surface area (Å²) in [5.41, 5.74) is 11.0. The van der Waals surface area contributed by atoms with E-state index in [0.717, 1.165) is 11.8 Å². The Morgan fingerprint density at radius 2 is 1.62 bits per heavy atom. The topological polar surface area (TPSA) is 301 Å². The van der Waals surface area contributed by atoms with Crippen LogP contribution in [-0.2, 0) is 38.4 Å².